The summed E-state index contributed by atoms with van der Waals surface area (Å²) in [5.41, 5.74) is 2.28. The summed E-state index contributed by atoms with van der Waals surface area (Å²) >= 11 is 1.47. The second-order valence-electron chi connectivity index (χ2n) is 4.63. The van der Waals surface area contributed by atoms with Crippen molar-refractivity contribution >= 4 is 17.2 Å². The van der Waals surface area contributed by atoms with Crippen LogP contribution in [-0.4, -0.2) is 16.9 Å². The molecule has 3 nitrogen and oxygen atoms in total. The second-order valence-corrected chi connectivity index (χ2v) is 5.35. The third kappa shape index (κ3) is 1.67. The number of nitrogens with zero attached hydrogens (tertiary/aromatic N) is 1. The molecule has 0 aromatic carbocycles. The molecule has 2 bridgehead atoms. The summed E-state index contributed by atoms with van der Waals surface area (Å²) in [6.07, 6.45) is 5.17. The molecule has 3 unspecified atom stereocenters. The van der Waals surface area contributed by atoms with Crippen molar-refractivity contribution in [3.63, 3.8) is 0 Å². The summed E-state index contributed by atoms with van der Waals surface area (Å²) in [7, 11) is 0. The Labute approximate surface area is 92.9 Å². The van der Waals surface area contributed by atoms with E-state index in [9.17, 15) is 4.79 Å². The van der Waals surface area contributed by atoms with Gasteiger partial charge >= 0.3 is 0 Å². The van der Waals surface area contributed by atoms with E-state index in [-0.39, 0.29) is 5.91 Å². The van der Waals surface area contributed by atoms with Crippen LogP contribution < -0.4 is 5.32 Å². The predicted octanol–water partition coefficient (Wildman–Crippen LogP) is 2.06. The van der Waals surface area contributed by atoms with E-state index in [2.05, 4.69) is 10.3 Å². The fourth-order valence-corrected chi connectivity index (χ4v) is 3.52. The van der Waals surface area contributed by atoms with Crippen molar-refractivity contribution in [2.45, 2.75) is 31.7 Å². The normalized spacial score (nSPS) is 33.2. The third-order valence-electron chi connectivity index (χ3n) is 3.72. The van der Waals surface area contributed by atoms with Gasteiger partial charge in [0, 0.05) is 11.4 Å². The zero-order valence-electron chi connectivity index (χ0n) is 8.48. The Morgan fingerprint density at radius 1 is 1.47 bits per heavy atom. The van der Waals surface area contributed by atoms with E-state index in [1.807, 2.05) is 5.38 Å². The molecule has 3 rings (SSSR count). The highest BCUT2D eigenvalue weighted by molar-refractivity contribution is 7.07. The van der Waals surface area contributed by atoms with Crippen LogP contribution in [0.3, 0.4) is 0 Å². The average molecular weight is 222 g/mol. The van der Waals surface area contributed by atoms with E-state index < -0.39 is 0 Å². The number of thiazole rings is 1. The van der Waals surface area contributed by atoms with Crippen molar-refractivity contribution in [2.24, 2.45) is 11.8 Å². The van der Waals surface area contributed by atoms with Crippen LogP contribution in [0.1, 0.15) is 36.2 Å². The second kappa shape index (κ2) is 3.59. The standard InChI is InChI=1S/C11H14N2OS/c14-11(10-5-15-6-12-10)13-9-4-7-1-2-8(9)3-7/h5-9H,1-4H2,(H,13,14). The van der Waals surface area contributed by atoms with Gasteiger partial charge in [0.15, 0.2) is 0 Å². The maximum absolute atomic E-state index is 11.8. The Hall–Kier alpha value is -0.900. The predicted molar refractivity (Wildman–Crippen MR) is 58.8 cm³/mol. The summed E-state index contributed by atoms with van der Waals surface area (Å²) in [6.45, 7) is 0. The van der Waals surface area contributed by atoms with Crippen LogP contribution in [0.5, 0.6) is 0 Å². The lowest BCUT2D eigenvalue weighted by molar-refractivity contribution is 0.0918. The van der Waals surface area contributed by atoms with Crippen molar-refractivity contribution < 1.29 is 4.79 Å². The van der Waals surface area contributed by atoms with Crippen LogP contribution >= 0.6 is 11.3 Å². The molecule has 3 atom stereocenters. The first-order valence-electron chi connectivity index (χ1n) is 5.52. The largest absolute Gasteiger partial charge is 0.348 e. The molecule has 0 saturated heterocycles. The first-order valence-corrected chi connectivity index (χ1v) is 6.46. The number of fused-ring (bicyclic) bond motifs is 2. The molecule has 1 heterocycles. The Kier molecular flexibility index (Phi) is 2.24. The maximum atomic E-state index is 11.8. The maximum Gasteiger partial charge on any atom is 0.270 e. The van der Waals surface area contributed by atoms with Crippen molar-refractivity contribution in [2.75, 3.05) is 0 Å². The minimum atomic E-state index is 0.00815. The van der Waals surface area contributed by atoms with Gasteiger partial charge in [0.25, 0.3) is 5.91 Å². The van der Waals surface area contributed by atoms with Crippen molar-refractivity contribution in [3.8, 4) is 0 Å². The van der Waals surface area contributed by atoms with E-state index in [1.54, 1.807) is 5.51 Å². The van der Waals surface area contributed by atoms with Gasteiger partial charge in [-0.2, -0.15) is 0 Å². The number of carbonyl (C=O) groups excluding carboxylic acids is 1. The molecule has 0 radical (unpaired) electrons. The smallest absolute Gasteiger partial charge is 0.270 e. The van der Waals surface area contributed by atoms with Crippen molar-refractivity contribution in [3.05, 3.63) is 16.6 Å². The summed E-state index contributed by atoms with van der Waals surface area (Å²) in [5.74, 6) is 1.61. The fourth-order valence-electron chi connectivity index (χ4n) is 2.99. The molecule has 0 spiro atoms. The number of amides is 1. The quantitative estimate of drug-likeness (QED) is 0.832. The molecule has 2 saturated carbocycles. The fraction of sp³-hybridized carbons (Fsp3) is 0.636. The number of nitrogens with one attached hydrogen (secondary N) is 1. The molecule has 0 aliphatic heterocycles. The molecule has 2 fully saturated rings. The first-order chi connectivity index (χ1) is 7.33. The van der Waals surface area contributed by atoms with Crippen molar-refractivity contribution in [1.82, 2.24) is 10.3 Å². The molecule has 1 aromatic rings. The Balaban J connectivity index is 1.64. The van der Waals surface area contributed by atoms with Gasteiger partial charge in [0.2, 0.25) is 0 Å². The zero-order chi connectivity index (χ0) is 10.3. The summed E-state index contributed by atoms with van der Waals surface area (Å²) < 4.78 is 0. The Morgan fingerprint density at radius 2 is 2.40 bits per heavy atom. The molecule has 1 N–H and O–H groups in total. The van der Waals surface area contributed by atoms with Crippen LogP contribution in [-0.2, 0) is 0 Å². The number of hydrogen-bond acceptors (Lipinski definition) is 3. The lowest BCUT2D eigenvalue weighted by Gasteiger charge is -2.22. The van der Waals surface area contributed by atoms with Gasteiger partial charge in [-0.15, -0.1) is 11.3 Å². The highest BCUT2D eigenvalue weighted by atomic mass is 32.1. The molecule has 1 aromatic heterocycles. The van der Waals surface area contributed by atoms with Gasteiger partial charge in [-0.05, 0) is 31.1 Å². The van der Waals surface area contributed by atoms with Gasteiger partial charge in [-0.1, -0.05) is 6.42 Å². The summed E-state index contributed by atoms with van der Waals surface area (Å²) in [5, 5.41) is 4.93. The molecular weight excluding hydrogens is 208 g/mol. The number of rotatable bonds is 2. The first kappa shape index (κ1) is 9.33. The van der Waals surface area contributed by atoms with Gasteiger partial charge in [-0.25, -0.2) is 4.98 Å². The van der Waals surface area contributed by atoms with Gasteiger partial charge in [-0.3, -0.25) is 4.79 Å². The van der Waals surface area contributed by atoms with Gasteiger partial charge < -0.3 is 5.32 Å². The minimum Gasteiger partial charge on any atom is -0.348 e. The highest BCUT2D eigenvalue weighted by Gasteiger charge is 2.40. The van der Waals surface area contributed by atoms with E-state index in [1.165, 1.54) is 37.0 Å². The molecule has 1 amide bonds. The molecule has 4 heteroatoms. The Bertz CT molecular complexity index is 363. The number of hydrogen-bond donors (Lipinski definition) is 1. The lowest BCUT2D eigenvalue weighted by Crippen LogP contribution is -2.38. The molecular formula is C11H14N2OS. The lowest BCUT2D eigenvalue weighted by atomic mass is 9.95. The van der Waals surface area contributed by atoms with Gasteiger partial charge in [0.1, 0.15) is 5.69 Å². The number of carbonyl (C=O) groups is 1. The molecule has 15 heavy (non-hydrogen) atoms. The van der Waals surface area contributed by atoms with Crippen molar-refractivity contribution in [1.29, 1.82) is 0 Å². The molecule has 2 aliphatic rings. The molecule has 2 aliphatic carbocycles. The minimum absolute atomic E-state index is 0.00815. The SMILES string of the molecule is O=C(NC1CC2CCC1C2)c1cscn1. The van der Waals surface area contributed by atoms with Crippen LogP contribution in [0, 0.1) is 11.8 Å². The van der Waals surface area contributed by atoms with Crippen LogP contribution in [0.25, 0.3) is 0 Å². The summed E-state index contributed by atoms with van der Waals surface area (Å²) in [4.78, 5) is 15.8. The average Bonchev–Trinajstić information content (AvgIpc) is 2.95. The third-order valence-corrected chi connectivity index (χ3v) is 4.31. The van der Waals surface area contributed by atoms with Crippen LogP contribution in [0.15, 0.2) is 10.9 Å². The van der Waals surface area contributed by atoms with E-state index >= 15 is 0 Å². The van der Waals surface area contributed by atoms with E-state index in [0.29, 0.717) is 11.7 Å². The Morgan fingerprint density at radius 3 is 3.00 bits per heavy atom. The van der Waals surface area contributed by atoms with Crippen LogP contribution in [0.4, 0.5) is 0 Å². The monoisotopic (exact) mass is 222 g/mol. The highest BCUT2D eigenvalue weighted by Crippen LogP contribution is 2.44. The van der Waals surface area contributed by atoms with Crippen LogP contribution in [0.2, 0.25) is 0 Å². The van der Waals surface area contributed by atoms with Gasteiger partial charge in [0.05, 0.1) is 5.51 Å². The van der Waals surface area contributed by atoms with E-state index in [0.717, 1.165) is 11.8 Å². The molecule has 80 valence electrons. The zero-order valence-corrected chi connectivity index (χ0v) is 9.30. The number of aromatic nitrogens is 1. The summed E-state index contributed by atoms with van der Waals surface area (Å²) in [6, 6.07) is 0.415. The topological polar surface area (TPSA) is 42.0 Å². The van der Waals surface area contributed by atoms with E-state index in [4.69, 9.17) is 0 Å².